The molecule has 2 aliphatic rings. The zero-order chi connectivity index (χ0) is 24.9. The van der Waals surface area contributed by atoms with E-state index in [1.54, 1.807) is 7.11 Å². The van der Waals surface area contributed by atoms with Crippen LogP contribution >= 0.6 is 0 Å². The second kappa shape index (κ2) is 11.3. The summed E-state index contributed by atoms with van der Waals surface area (Å²) in [5.74, 6) is 1.22. The van der Waals surface area contributed by atoms with E-state index in [2.05, 4.69) is 58.7 Å². The number of aliphatic hydroxyl groups excluding tert-OH is 1. The van der Waals surface area contributed by atoms with Crippen LogP contribution in [0.15, 0.2) is 60.7 Å². The lowest BCUT2D eigenvalue weighted by molar-refractivity contribution is 0.0620. The van der Waals surface area contributed by atoms with Gasteiger partial charge in [-0.2, -0.15) is 0 Å². The first kappa shape index (κ1) is 24.6. The van der Waals surface area contributed by atoms with Crippen LogP contribution in [-0.2, 0) is 6.54 Å². The molecule has 2 saturated heterocycles. The lowest BCUT2D eigenvalue weighted by Gasteiger charge is -2.34. The summed E-state index contributed by atoms with van der Waals surface area (Å²) in [4.78, 5) is 17.2. The summed E-state index contributed by atoms with van der Waals surface area (Å²) in [7, 11) is 1.74. The van der Waals surface area contributed by atoms with Crippen LogP contribution in [0.4, 0.5) is 5.69 Å². The maximum Gasteiger partial charge on any atom is 0.253 e. The Kier molecular flexibility index (Phi) is 7.73. The molecule has 0 bridgehead atoms. The third kappa shape index (κ3) is 5.35. The number of likely N-dealkylation sites (tertiary alicyclic amines) is 1. The molecule has 0 saturated carbocycles. The Morgan fingerprint density at radius 2 is 1.78 bits per heavy atom. The SMILES string of the molecule is COc1ccc2ccccc2c1CNC1CCN(c2ccc(C(=O)N3CCC[C@@H](CO)C3)cc2)CC1. The molecule has 3 aromatic rings. The number of nitrogens with zero attached hydrogens (tertiary/aromatic N) is 2. The molecule has 190 valence electrons. The predicted molar refractivity (Wildman–Crippen MR) is 145 cm³/mol. The predicted octanol–water partition coefficient (Wildman–Crippen LogP) is 4.45. The molecule has 0 unspecified atom stereocenters. The molecular weight excluding hydrogens is 450 g/mol. The van der Waals surface area contributed by atoms with E-state index in [4.69, 9.17) is 4.74 Å². The summed E-state index contributed by atoms with van der Waals surface area (Å²) in [5, 5.41) is 15.7. The summed E-state index contributed by atoms with van der Waals surface area (Å²) < 4.78 is 5.66. The van der Waals surface area contributed by atoms with E-state index in [9.17, 15) is 9.90 Å². The molecule has 2 aliphatic heterocycles. The molecule has 6 nitrogen and oxygen atoms in total. The Morgan fingerprint density at radius 1 is 1.00 bits per heavy atom. The topological polar surface area (TPSA) is 65.0 Å². The van der Waals surface area contributed by atoms with Crippen molar-refractivity contribution >= 4 is 22.4 Å². The largest absolute Gasteiger partial charge is 0.496 e. The number of carbonyl (C=O) groups excluding carboxylic acids is 1. The van der Waals surface area contributed by atoms with Crippen LogP contribution in [0.1, 0.15) is 41.6 Å². The Hall–Kier alpha value is -3.09. The first-order valence-electron chi connectivity index (χ1n) is 13.2. The number of methoxy groups -OCH3 is 1. The van der Waals surface area contributed by atoms with Gasteiger partial charge in [-0.05, 0) is 72.7 Å². The number of amides is 1. The number of nitrogens with one attached hydrogen (secondary N) is 1. The number of hydrogen-bond acceptors (Lipinski definition) is 5. The van der Waals surface area contributed by atoms with Crippen LogP contribution in [0.3, 0.4) is 0 Å². The van der Waals surface area contributed by atoms with Gasteiger partial charge in [0.15, 0.2) is 0 Å². The average Bonchev–Trinajstić information content (AvgIpc) is 2.95. The van der Waals surface area contributed by atoms with Crippen LogP contribution in [0.25, 0.3) is 10.8 Å². The molecule has 0 radical (unpaired) electrons. The molecule has 1 atom stereocenters. The maximum atomic E-state index is 12.9. The number of ether oxygens (including phenoxy) is 1. The maximum absolute atomic E-state index is 12.9. The van der Waals surface area contributed by atoms with E-state index < -0.39 is 0 Å². The molecule has 1 amide bonds. The molecule has 5 rings (SSSR count). The summed E-state index contributed by atoms with van der Waals surface area (Å²) in [6, 6.07) is 21.2. The first-order chi connectivity index (χ1) is 17.7. The van der Waals surface area contributed by atoms with E-state index in [1.807, 2.05) is 17.0 Å². The Morgan fingerprint density at radius 3 is 2.53 bits per heavy atom. The van der Waals surface area contributed by atoms with E-state index in [0.717, 1.165) is 63.2 Å². The highest BCUT2D eigenvalue weighted by Crippen LogP contribution is 2.29. The standard InChI is InChI=1S/C30H37N3O3/c1-36-29-13-10-23-6-2-3-7-27(23)28(29)19-31-25-14-17-32(18-15-25)26-11-8-24(9-12-26)30(35)33-16-4-5-22(20-33)21-34/h2-3,6-13,22,25,31,34H,4-5,14-21H2,1H3/t22-/m1/s1. The molecule has 2 fully saturated rings. The van der Waals surface area contributed by atoms with E-state index in [0.29, 0.717) is 12.6 Å². The van der Waals surface area contributed by atoms with Gasteiger partial charge in [0.25, 0.3) is 5.91 Å². The minimum Gasteiger partial charge on any atom is -0.496 e. The highest BCUT2D eigenvalue weighted by molar-refractivity contribution is 5.94. The number of rotatable bonds is 7. The van der Waals surface area contributed by atoms with Crippen LogP contribution in [0, 0.1) is 5.92 Å². The molecule has 0 spiro atoms. The van der Waals surface area contributed by atoms with Gasteiger partial charge in [-0.1, -0.05) is 30.3 Å². The minimum atomic E-state index is 0.0754. The molecule has 0 aliphatic carbocycles. The number of fused-ring (bicyclic) bond motifs is 1. The molecule has 0 aromatic heterocycles. The minimum absolute atomic E-state index is 0.0754. The zero-order valence-corrected chi connectivity index (χ0v) is 21.2. The molecule has 2 N–H and O–H groups in total. The summed E-state index contributed by atoms with van der Waals surface area (Å²) in [6.07, 6.45) is 4.11. The normalized spacial score (nSPS) is 19.0. The van der Waals surface area contributed by atoms with Crippen molar-refractivity contribution in [1.82, 2.24) is 10.2 Å². The van der Waals surface area contributed by atoms with Gasteiger partial charge in [-0.15, -0.1) is 0 Å². The van der Waals surface area contributed by atoms with Crippen molar-refractivity contribution in [1.29, 1.82) is 0 Å². The van der Waals surface area contributed by atoms with Crippen molar-refractivity contribution in [3.63, 3.8) is 0 Å². The summed E-state index contributed by atoms with van der Waals surface area (Å²) in [5.41, 5.74) is 3.13. The Balaban J connectivity index is 1.16. The van der Waals surface area contributed by atoms with Gasteiger partial charge in [0.2, 0.25) is 0 Å². The lowest BCUT2D eigenvalue weighted by atomic mass is 9.98. The van der Waals surface area contributed by atoms with Crippen molar-refractivity contribution in [2.75, 3.05) is 44.8 Å². The number of aliphatic hydroxyl groups is 1. The number of piperidine rings is 2. The van der Waals surface area contributed by atoms with Crippen molar-refractivity contribution < 1.29 is 14.6 Å². The Labute approximate surface area is 213 Å². The smallest absolute Gasteiger partial charge is 0.253 e. The number of benzene rings is 3. The molecule has 3 aromatic carbocycles. The van der Waals surface area contributed by atoms with Crippen LogP contribution < -0.4 is 15.0 Å². The lowest BCUT2D eigenvalue weighted by Crippen LogP contribution is -2.42. The third-order valence-corrected chi connectivity index (χ3v) is 7.82. The first-order valence-corrected chi connectivity index (χ1v) is 13.2. The van der Waals surface area contributed by atoms with Gasteiger partial charge >= 0.3 is 0 Å². The van der Waals surface area contributed by atoms with Gasteiger partial charge in [-0.3, -0.25) is 4.79 Å². The molecule has 6 heteroatoms. The highest BCUT2D eigenvalue weighted by Gasteiger charge is 2.25. The van der Waals surface area contributed by atoms with Crippen LogP contribution in [0.5, 0.6) is 5.75 Å². The molecule has 2 heterocycles. The molecule has 36 heavy (non-hydrogen) atoms. The van der Waals surface area contributed by atoms with Gasteiger partial charge < -0.3 is 25.0 Å². The van der Waals surface area contributed by atoms with Gasteiger partial charge in [0, 0.05) is 62.2 Å². The second-order valence-corrected chi connectivity index (χ2v) is 10.1. The van der Waals surface area contributed by atoms with E-state index in [-0.39, 0.29) is 18.4 Å². The average molecular weight is 488 g/mol. The van der Waals surface area contributed by atoms with Crippen molar-refractivity contribution in [2.24, 2.45) is 5.92 Å². The fourth-order valence-corrected chi connectivity index (χ4v) is 5.67. The van der Waals surface area contributed by atoms with Crippen LogP contribution in [0.2, 0.25) is 0 Å². The van der Waals surface area contributed by atoms with E-state index >= 15 is 0 Å². The third-order valence-electron chi connectivity index (χ3n) is 7.82. The second-order valence-electron chi connectivity index (χ2n) is 10.1. The van der Waals surface area contributed by atoms with Gasteiger partial charge in [0.1, 0.15) is 5.75 Å². The molecular formula is C30H37N3O3. The fourth-order valence-electron chi connectivity index (χ4n) is 5.67. The van der Waals surface area contributed by atoms with Gasteiger partial charge in [-0.25, -0.2) is 0 Å². The van der Waals surface area contributed by atoms with Gasteiger partial charge in [0.05, 0.1) is 7.11 Å². The van der Waals surface area contributed by atoms with E-state index in [1.165, 1.54) is 22.0 Å². The zero-order valence-electron chi connectivity index (χ0n) is 21.2. The number of carbonyl (C=O) groups is 1. The van der Waals surface area contributed by atoms with Crippen molar-refractivity contribution in [2.45, 2.75) is 38.3 Å². The highest BCUT2D eigenvalue weighted by atomic mass is 16.5. The fraction of sp³-hybridized carbons (Fsp3) is 0.433. The summed E-state index contributed by atoms with van der Waals surface area (Å²) in [6.45, 7) is 4.36. The van der Waals surface area contributed by atoms with Crippen LogP contribution in [-0.4, -0.2) is 61.9 Å². The number of hydrogen-bond donors (Lipinski definition) is 2. The Bertz CT molecular complexity index is 1170. The monoisotopic (exact) mass is 487 g/mol. The summed E-state index contributed by atoms with van der Waals surface area (Å²) >= 11 is 0. The van der Waals surface area contributed by atoms with Crippen molar-refractivity contribution in [3.05, 3.63) is 71.8 Å². The number of anilines is 1. The quantitative estimate of drug-likeness (QED) is 0.516. The van der Waals surface area contributed by atoms with Crippen molar-refractivity contribution in [3.8, 4) is 5.75 Å².